The molecule has 0 aromatic heterocycles. The third-order valence-electron chi connectivity index (χ3n) is 5.23. The van der Waals surface area contributed by atoms with Crippen LogP contribution in [0.25, 0.3) is 0 Å². The van der Waals surface area contributed by atoms with E-state index in [2.05, 4.69) is 10.0 Å². The minimum Gasteiger partial charge on any atom is -0.322 e. The van der Waals surface area contributed by atoms with Gasteiger partial charge >= 0.3 is 0 Å². The smallest absolute Gasteiger partial charge is 0.255 e. The van der Waals surface area contributed by atoms with Crippen LogP contribution in [0, 0.1) is 17.6 Å². The Hall–Kier alpha value is -2.03. The zero-order valence-corrected chi connectivity index (χ0v) is 16.9. The molecule has 9 heteroatoms. The van der Waals surface area contributed by atoms with Crippen LogP contribution in [0.3, 0.4) is 0 Å². The first-order chi connectivity index (χ1) is 13.7. The molecule has 5 nitrogen and oxygen atoms in total. The Kier molecular flexibility index (Phi) is 5.35. The SMILES string of the molecule is O=C(Nc1ccc(F)c(Cl)c1)c1ccc(F)c2c1CCC2NS(=O)(=O)CC1CC1. The maximum absolute atomic E-state index is 14.5. The van der Waals surface area contributed by atoms with Gasteiger partial charge in [0.1, 0.15) is 11.6 Å². The van der Waals surface area contributed by atoms with Crippen molar-refractivity contribution in [2.24, 2.45) is 5.92 Å². The van der Waals surface area contributed by atoms with E-state index in [4.69, 9.17) is 11.6 Å². The van der Waals surface area contributed by atoms with Crippen molar-refractivity contribution in [2.75, 3.05) is 11.1 Å². The molecule has 29 heavy (non-hydrogen) atoms. The first-order valence-electron chi connectivity index (χ1n) is 9.31. The molecule has 2 aliphatic carbocycles. The third-order valence-corrected chi connectivity index (χ3v) is 7.07. The highest BCUT2D eigenvalue weighted by atomic mass is 35.5. The minimum absolute atomic E-state index is 0.0476. The van der Waals surface area contributed by atoms with Crippen molar-refractivity contribution >= 4 is 33.2 Å². The number of carbonyl (C=O) groups is 1. The van der Waals surface area contributed by atoms with E-state index in [9.17, 15) is 22.0 Å². The number of halogens is 3. The first-order valence-corrected chi connectivity index (χ1v) is 11.3. The van der Waals surface area contributed by atoms with Crippen LogP contribution in [-0.4, -0.2) is 20.1 Å². The van der Waals surface area contributed by atoms with Crippen molar-refractivity contribution in [3.05, 3.63) is 63.7 Å². The molecule has 0 aliphatic heterocycles. The van der Waals surface area contributed by atoms with E-state index >= 15 is 0 Å². The van der Waals surface area contributed by atoms with Crippen LogP contribution < -0.4 is 10.0 Å². The lowest BCUT2D eigenvalue weighted by Gasteiger charge is -2.16. The molecule has 154 valence electrons. The highest BCUT2D eigenvalue weighted by Crippen LogP contribution is 2.37. The second kappa shape index (κ2) is 7.66. The van der Waals surface area contributed by atoms with Gasteiger partial charge in [-0.05, 0) is 67.5 Å². The molecule has 1 fully saturated rings. The Morgan fingerprint density at radius 3 is 2.52 bits per heavy atom. The minimum atomic E-state index is -3.52. The van der Waals surface area contributed by atoms with Crippen LogP contribution in [0.15, 0.2) is 30.3 Å². The number of benzene rings is 2. The summed E-state index contributed by atoms with van der Waals surface area (Å²) < 4.78 is 55.1. The molecule has 4 rings (SSSR count). The normalized spacial score (nSPS) is 18.5. The van der Waals surface area contributed by atoms with Crippen molar-refractivity contribution in [2.45, 2.75) is 31.7 Å². The maximum Gasteiger partial charge on any atom is 0.255 e. The van der Waals surface area contributed by atoms with Crippen molar-refractivity contribution in [1.82, 2.24) is 4.72 Å². The Morgan fingerprint density at radius 1 is 1.10 bits per heavy atom. The summed E-state index contributed by atoms with van der Waals surface area (Å²) in [7, 11) is -3.52. The van der Waals surface area contributed by atoms with Gasteiger partial charge < -0.3 is 5.32 Å². The van der Waals surface area contributed by atoms with Crippen LogP contribution in [0.2, 0.25) is 5.02 Å². The number of anilines is 1. The highest BCUT2D eigenvalue weighted by molar-refractivity contribution is 7.89. The first kappa shape index (κ1) is 20.3. The summed E-state index contributed by atoms with van der Waals surface area (Å²) in [6.45, 7) is 0. The fourth-order valence-electron chi connectivity index (χ4n) is 3.68. The number of hydrogen-bond donors (Lipinski definition) is 2. The van der Waals surface area contributed by atoms with E-state index in [1.54, 1.807) is 0 Å². The van der Waals surface area contributed by atoms with E-state index in [0.29, 0.717) is 24.1 Å². The lowest BCUT2D eigenvalue weighted by molar-refractivity contribution is 0.102. The molecule has 1 unspecified atom stereocenters. The van der Waals surface area contributed by atoms with Gasteiger partial charge in [0.05, 0.1) is 16.8 Å². The van der Waals surface area contributed by atoms with E-state index in [1.807, 2.05) is 0 Å². The number of rotatable bonds is 6. The lowest BCUT2D eigenvalue weighted by atomic mass is 10.0. The fraction of sp³-hybridized carbons (Fsp3) is 0.350. The van der Waals surface area contributed by atoms with E-state index in [1.165, 1.54) is 24.3 Å². The molecule has 1 atom stereocenters. The standard InChI is InChI=1S/C20H19ClF2N2O3S/c21-15-9-12(3-6-16(15)22)24-20(26)14-4-7-17(23)19-13(14)5-8-18(19)25-29(27,28)10-11-1-2-11/h3-4,6-7,9,11,18,25H,1-2,5,8,10H2,(H,24,26). The Labute approximate surface area is 172 Å². The van der Waals surface area contributed by atoms with Gasteiger partial charge in [-0.1, -0.05) is 11.6 Å². The van der Waals surface area contributed by atoms with Gasteiger partial charge in [0.15, 0.2) is 0 Å². The summed E-state index contributed by atoms with van der Waals surface area (Å²) in [5, 5.41) is 2.49. The van der Waals surface area contributed by atoms with Crippen molar-refractivity contribution < 1.29 is 22.0 Å². The molecule has 0 radical (unpaired) electrons. The van der Waals surface area contributed by atoms with E-state index < -0.39 is 33.6 Å². The van der Waals surface area contributed by atoms with Crippen molar-refractivity contribution in [3.63, 3.8) is 0 Å². The average Bonchev–Trinajstić information content (AvgIpc) is 3.35. The summed E-state index contributed by atoms with van der Waals surface area (Å²) >= 11 is 5.74. The molecular weight excluding hydrogens is 422 g/mol. The molecule has 2 aromatic rings. The molecule has 2 aromatic carbocycles. The predicted octanol–water partition coefficient (Wildman–Crippen LogP) is 4.19. The summed E-state index contributed by atoms with van der Waals surface area (Å²) in [5.74, 6) is -1.42. The second-order valence-electron chi connectivity index (χ2n) is 7.50. The number of sulfonamides is 1. The summed E-state index contributed by atoms with van der Waals surface area (Å²) in [5.41, 5.74) is 1.26. The lowest BCUT2D eigenvalue weighted by Crippen LogP contribution is -2.30. The van der Waals surface area contributed by atoms with Crippen molar-refractivity contribution in [1.29, 1.82) is 0 Å². The van der Waals surface area contributed by atoms with Gasteiger partial charge in [-0.25, -0.2) is 21.9 Å². The molecule has 2 aliphatic rings. The quantitative estimate of drug-likeness (QED) is 0.707. The molecule has 2 N–H and O–H groups in total. The molecule has 0 bridgehead atoms. The molecule has 1 saturated carbocycles. The number of amides is 1. The maximum atomic E-state index is 14.5. The van der Waals surface area contributed by atoms with Crippen LogP contribution in [0.5, 0.6) is 0 Å². The number of carbonyl (C=O) groups excluding carboxylic acids is 1. The zero-order valence-electron chi connectivity index (χ0n) is 15.3. The third kappa shape index (κ3) is 4.44. The number of nitrogens with one attached hydrogen (secondary N) is 2. The van der Waals surface area contributed by atoms with Crippen LogP contribution in [0.4, 0.5) is 14.5 Å². The fourth-order valence-corrected chi connectivity index (χ4v) is 5.58. The molecular formula is C20H19ClF2N2O3S. The van der Waals surface area contributed by atoms with Gasteiger partial charge in [0.2, 0.25) is 10.0 Å². The molecule has 0 saturated heterocycles. The zero-order chi connectivity index (χ0) is 20.8. The number of hydrogen-bond acceptors (Lipinski definition) is 3. The van der Waals surface area contributed by atoms with Crippen LogP contribution in [0.1, 0.15) is 46.8 Å². The summed E-state index contributed by atoms with van der Waals surface area (Å²) in [6.07, 6.45) is 2.54. The van der Waals surface area contributed by atoms with Gasteiger partial charge in [-0.2, -0.15) is 0 Å². The van der Waals surface area contributed by atoms with Crippen molar-refractivity contribution in [3.8, 4) is 0 Å². The van der Waals surface area contributed by atoms with Gasteiger partial charge in [0, 0.05) is 16.8 Å². The van der Waals surface area contributed by atoms with Crippen LogP contribution in [-0.2, 0) is 16.4 Å². The van der Waals surface area contributed by atoms with E-state index in [-0.39, 0.29) is 27.8 Å². The van der Waals surface area contributed by atoms with Gasteiger partial charge in [-0.3, -0.25) is 4.79 Å². The summed E-state index contributed by atoms with van der Waals surface area (Å²) in [6, 6.07) is 5.64. The Balaban J connectivity index is 1.58. The molecule has 0 spiro atoms. The topological polar surface area (TPSA) is 75.3 Å². The highest BCUT2D eigenvalue weighted by Gasteiger charge is 2.35. The molecule has 1 amide bonds. The Bertz CT molecular complexity index is 1090. The summed E-state index contributed by atoms with van der Waals surface area (Å²) in [4.78, 5) is 12.7. The predicted molar refractivity (Wildman–Crippen MR) is 106 cm³/mol. The largest absolute Gasteiger partial charge is 0.322 e. The Morgan fingerprint density at radius 2 is 1.83 bits per heavy atom. The van der Waals surface area contributed by atoms with Gasteiger partial charge in [-0.15, -0.1) is 0 Å². The van der Waals surface area contributed by atoms with E-state index in [0.717, 1.165) is 18.9 Å². The average molecular weight is 441 g/mol. The number of fused-ring (bicyclic) bond motifs is 1. The molecule has 0 heterocycles. The second-order valence-corrected chi connectivity index (χ2v) is 9.71. The van der Waals surface area contributed by atoms with Gasteiger partial charge in [0.25, 0.3) is 5.91 Å². The monoisotopic (exact) mass is 440 g/mol. The van der Waals surface area contributed by atoms with Crippen LogP contribution >= 0.6 is 11.6 Å².